The van der Waals surface area contributed by atoms with Gasteiger partial charge in [-0.1, -0.05) is 0 Å². The number of ketones is 1. The summed E-state index contributed by atoms with van der Waals surface area (Å²) in [5, 5.41) is 3.91. The SMILES string of the molecule is COc1cnn(C)c1C(=O)c1cncc(F)c1. The lowest BCUT2D eigenvalue weighted by Gasteiger charge is -2.04. The van der Waals surface area contributed by atoms with Gasteiger partial charge in [0.2, 0.25) is 5.78 Å². The lowest BCUT2D eigenvalue weighted by atomic mass is 10.1. The molecule has 0 atom stereocenters. The van der Waals surface area contributed by atoms with Crippen LogP contribution in [0.25, 0.3) is 0 Å². The molecule has 0 unspecified atom stereocenters. The van der Waals surface area contributed by atoms with Crippen molar-refractivity contribution in [3.63, 3.8) is 0 Å². The molecule has 0 bridgehead atoms. The molecule has 2 rings (SSSR count). The van der Waals surface area contributed by atoms with E-state index in [2.05, 4.69) is 10.1 Å². The zero-order valence-corrected chi connectivity index (χ0v) is 9.35. The average Bonchev–Trinajstić information content (AvgIpc) is 2.69. The van der Waals surface area contributed by atoms with E-state index in [0.29, 0.717) is 5.75 Å². The van der Waals surface area contributed by atoms with Crippen LogP contribution in [0.15, 0.2) is 24.7 Å². The highest BCUT2D eigenvalue weighted by Crippen LogP contribution is 2.20. The molecule has 17 heavy (non-hydrogen) atoms. The normalized spacial score (nSPS) is 10.3. The number of carbonyl (C=O) groups excluding carboxylic acids is 1. The summed E-state index contributed by atoms with van der Waals surface area (Å²) in [6.07, 6.45) is 3.77. The highest BCUT2D eigenvalue weighted by molar-refractivity contribution is 6.09. The Morgan fingerprint density at radius 2 is 2.18 bits per heavy atom. The summed E-state index contributed by atoms with van der Waals surface area (Å²) in [6, 6.07) is 1.13. The molecule has 6 heteroatoms. The molecule has 0 saturated heterocycles. The van der Waals surface area contributed by atoms with Crippen molar-refractivity contribution in [2.45, 2.75) is 0 Å². The summed E-state index contributed by atoms with van der Waals surface area (Å²) in [7, 11) is 3.06. The molecular formula is C11H10FN3O2. The Morgan fingerprint density at radius 1 is 1.41 bits per heavy atom. The van der Waals surface area contributed by atoms with Gasteiger partial charge in [0.25, 0.3) is 0 Å². The summed E-state index contributed by atoms with van der Waals surface area (Å²) < 4.78 is 19.4. The topological polar surface area (TPSA) is 57.0 Å². The van der Waals surface area contributed by atoms with Crippen molar-refractivity contribution >= 4 is 5.78 Å². The van der Waals surface area contributed by atoms with E-state index in [1.165, 1.54) is 24.2 Å². The van der Waals surface area contributed by atoms with Gasteiger partial charge in [-0.05, 0) is 6.07 Å². The number of methoxy groups -OCH3 is 1. The van der Waals surface area contributed by atoms with Gasteiger partial charge < -0.3 is 4.74 Å². The molecule has 0 aromatic carbocycles. The molecule has 2 aromatic heterocycles. The number of rotatable bonds is 3. The Kier molecular flexibility index (Phi) is 2.86. The third-order valence-corrected chi connectivity index (χ3v) is 2.31. The molecule has 0 radical (unpaired) electrons. The maximum atomic E-state index is 13.0. The van der Waals surface area contributed by atoms with Crippen LogP contribution < -0.4 is 4.74 Å². The summed E-state index contributed by atoms with van der Waals surface area (Å²) >= 11 is 0. The van der Waals surface area contributed by atoms with Gasteiger partial charge in [0.15, 0.2) is 11.4 Å². The Morgan fingerprint density at radius 3 is 2.82 bits per heavy atom. The Hall–Kier alpha value is -2.24. The van der Waals surface area contributed by atoms with Crippen molar-refractivity contribution in [2.24, 2.45) is 7.05 Å². The van der Waals surface area contributed by atoms with Crippen LogP contribution in [0.4, 0.5) is 4.39 Å². The zero-order valence-electron chi connectivity index (χ0n) is 9.35. The Labute approximate surface area is 96.9 Å². The number of aromatic nitrogens is 3. The van der Waals surface area contributed by atoms with Gasteiger partial charge in [0, 0.05) is 18.8 Å². The smallest absolute Gasteiger partial charge is 0.216 e. The standard InChI is InChI=1S/C11H10FN3O2/c1-15-10(9(17-2)6-14-15)11(16)7-3-8(12)5-13-4-7/h3-6H,1-2H3. The minimum absolute atomic E-state index is 0.159. The fraction of sp³-hybridized carbons (Fsp3) is 0.182. The van der Waals surface area contributed by atoms with Crippen LogP contribution in [0.3, 0.4) is 0 Å². The molecule has 2 aromatic rings. The second kappa shape index (κ2) is 4.32. The van der Waals surface area contributed by atoms with E-state index in [4.69, 9.17) is 4.74 Å². The first kappa shape index (κ1) is 11.3. The molecule has 0 spiro atoms. The fourth-order valence-corrected chi connectivity index (χ4v) is 1.50. The number of carbonyl (C=O) groups is 1. The predicted octanol–water partition coefficient (Wildman–Crippen LogP) is 1.19. The lowest BCUT2D eigenvalue weighted by molar-refractivity contribution is 0.102. The molecule has 0 amide bonds. The van der Waals surface area contributed by atoms with Crippen molar-refractivity contribution in [1.82, 2.24) is 14.8 Å². The molecule has 0 aliphatic heterocycles. The van der Waals surface area contributed by atoms with E-state index in [0.717, 1.165) is 12.3 Å². The maximum Gasteiger partial charge on any atom is 0.216 e. The van der Waals surface area contributed by atoms with Crippen LogP contribution in [0.5, 0.6) is 5.75 Å². The zero-order chi connectivity index (χ0) is 12.4. The fourth-order valence-electron chi connectivity index (χ4n) is 1.50. The second-order valence-electron chi connectivity index (χ2n) is 3.41. The van der Waals surface area contributed by atoms with Crippen molar-refractivity contribution in [3.8, 4) is 5.75 Å². The first-order chi connectivity index (χ1) is 8.13. The molecular weight excluding hydrogens is 225 g/mol. The minimum Gasteiger partial charge on any atom is -0.493 e. The van der Waals surface area contributed by atoms with Crippen molar-refractivity contribution in [2.75, 3.05) is 7.11 Å². The van der Waals surface area contributed by atoms with E-state index in [9.17, 15) is 9.18 Å². The summed E-state index contributed by atoms with van der Waals surface area (Å²) in [6.45, 7) is 0. The number of pyridine rings is 1. The number of hydrogen-bond donors (Lipinski definition) is 0. The predicted molar refractivity (Wildman–Crippen MR) is 57.4 cm³/mol. The van der Waals surface area contributed by atoms with Crippen LogP contribution in [0, 0.1) is 5.82 Å². The van der Waals surface area contributed by atoms with E-state index in [1.807, 2.05) is 0 Å². The minimum atomic E-state index is -0.558. The van der Waals surface area contributed by atoms with Gasteiger partial charge in [0.05, 0.1) is 19.5 Å². The van der Waals surface area contributed by atoms with Gasteiger partial charge >= 0.3 is 0 Å². The summed E-state index contributed by atoms with van der Waals surface area (Å²) in [5.41, 5.74) is 0.423. The number of ether oxygens (including phenoxy) is 1. The third kappa shape index (κ3) is 2.01. The van der Waals surface area contributed by atoms with Crippen LogP contribution in [0.1, 0.15) is 16.1 Å². The van der Waals surface area contributed by atoms with Gasteiger partial charge in [0.1, 0.15) is 5.82 Å². The molecule has 0 aliphatic carbocycles. The largest absolute Gasteiger partial charge is 0.493 e. The molecule has 0 aliphatic rings. The first-order valence-electron chi connectivity index (χ1n) is 4.84. The number of aryl methyl sites for hydroxylation is 1. The lowest BCUT2D eigenvalue weighted by Crippen LogP contribution is -2.10. The second-order valence-corrected chi connectivity index (χ2v) is 3.41. The molecule has 2 heterocycles. The monoisotopic (exact) mass is 235 g/mol. The summed E-state index contributed by atoms with van der Waals surface area (Å²) in [5.74, 6) is -0.590. The molecule has 5 nitrogen and oxygen atoms in total. The average molecular weight is 235 g/mol. The molecule has 0 fully saturated rings. The molecule has 88 valence electrons. The van der Waals surface area contributed by atoms with E-state index in [-0.39, 0.29) is 17.0 Å². The van der Waals surface area contributed by atoms with Gasteiger partial charge in [-0.25, -0.2) is 4.39 Å². The van der Waals surface area contributed by atoms with Crippen LogP contribution in [-0.4, -0.2) is 27.7 Å². The van der Waals surface area contributed by atoms with Crippen molar-refractivity contribution in [3.05, 3.63) is 41.7 Å². The summed E-state index contributed by atoms with van der Waals surface area (Å²) in [4.78, 5) is 15.7. The third-order valence-electron chi connectivity index (χ3n) is 2.31. The Balaban J connectivity index is 2.47. The van der Waals surface area contributed by atoms with E-state index in [1.54, 1.807) is 7.05 Å². The van der Waals surface area contributed by atoms with Gasteiger partial charge in [-0.2, -0.15) is 5.10 Å². The Bertz CT molecular complexity index is 566. The van der Waals surface area contributed by atoms with Crippen LogP contribution in [0.2, 0.25) is 0 Å². The highest BCUT2D eigenvalue weighted by atomic mass is 19.1. The van der Waals surface area contributed by atoms with Crippen molar-refractivity contribution < 1.29 is 13.9 Å². The number of hydrogen-bond acceptors (Lipinski definition) is 4. The first-order valence-corrected chi connectivity index (χ1v) is 4.84. The maximum absolute atomic E-state index is 13.0. The number of halogens is 1. The van der Waals surface area contributed by atoms with Crippen molar-refractivity contribution in [1.29, 1.82) is 0 Å². The number of nitrogens with zero attached hydrogens (tertiary/aromatic N) is 3. The van der Waals surface area contributed by atoms with Gasteiger partial charge in [-0.3, -0.25) is 14.5 Å². The highest BCUT2D eigenvalue weighted by Gasteiger charge is 2.19. The quantitative estimate of drug-likeness (QED) is 0.750. The van der Waals surface area contributed by atoms with Crippen LogP contribution >= 0.6 is 0 Å². The molecule has 0 saturated carbocycles. The van der Waals surface area contributed by atoms with Crippen LogP contribution in [-0.2, 0) is 7.05 Å². The van der Waals surface area contributed by atoms with Gasteiger partial charge in [-0.15, -0.1) is 0 Å². The van der Waals surface area contributed by atoms with E-state index >= 15 is 0 Å². The molecule has 0 N–H and O–H groups in total. The van der Waals surface area contributed by atoms with E-state index < -0.39 is 5.82 Å².